The van der Waals surface area contributed by atoms with Crippen molar-refractivity contribution in [1.29, 1.82) is 0 Å². The van der Waals surface area contributed by atoms with E-state index in [2.05, 4.69) is 4.90 Å². The minimum atomic E-state index is -0.567. The lowest BCUT2D eigenvalue weighted by atomic mass is 10.3. The van der Waals surface area contributed by atoms with E-state index in [1.165, 1.54) is 0 Å². The first-order chi connectivity index (χ1) is 13.7. The summed E-state index contributed by atoms with van der Waals surface area (Å²) in [5.74, 6) is 0. The van der Waals surface area contributed by atoms with Gasteiger partial charge in [-0.15, -0.1) is 0 Å². The molecule has 1 aliphatic rings. The third-order valence-corrected chi connectivity index (χ3v) is 4.14. The number of benzene rings is 2. The number of anilines is 2. The van der Waals surface area contributed by atoms with Gasteiger partial charge in [0, 0.05) is 24.5 Å². The summed E-state index contributed by atoms with van der Waals surface area (Å²) in [5.41, 5.74) is 2.16. The Morgan fingerprint density at radius 2 is 1.32 bits per heavy atom. The third-order valence-electron chi connectivity index (χ3n) is 4.14. The minimum absolute atomic E-state index is 0.106. The fourth-order valence-corrected chi connectivity index (χ4v) is 2.78. The van der Waals surface area contributed by atoms with Crippen LogP contribution in [0.4, 0.5) is 16.2 Å². The Labute approximate surface area is 165 Å². The topological polar surface area (TPSA) is 82.5 Å². The molecule has 0 aromatic heterocycles. The van der Waals surface area contributed by atoms with Crippen molar-refractivity contribution in [2.75, 3.05) is 62.4 Å². The summed E-state index contributed by atoms with van der Waals surface area (Å²) < 4.78 is 9.66. The molecule has 7 heteroatoms. The van der Waals surface area contributed by atoms with Crippen molar-refractivity contribution in [1.82, 2.24) is 0 Å². The summed E-state index contributed by atoms with van der Waals surface area (Å²) in [6.45, 7) is 3.48. The molecule has 3 rings (SSSR count). The maximum atomic E-state index is 10.8. The zero-order chi connectivity index (χ0) is 20.0. The first kappa shape index (κ1) is 21.5. The summed E-state index contributed by atoms with van der Waals surface area (Å²) in [4.78, 5) is 14.9. The minimum Gasteiger partial charge on any atom is -0.432 e. The zero-order valence-corrected chi connectivity index (χ0v) is 15.9. The maximum Gasteiger partial charge on any atom is 0.508 e. The molecule has 1 heterocycles. The highest BCUT2D eigenvalue weighted by Gasteiger charge is 2.13. The fourth-order valence-electron chi connectivity index (χ4n) is 2.78. The molecular weight excluding hydrogens is 360 g/mol. The average Bonchev–Trinajstić information content (AvgIpc) is 2.72. The summed E-state index contributed by atoms with van der Waals surface area (Å²) in [6.07, 6.45) is -0.567. The van der Waals surface area contributed by atoms with E-state index in [1.807, 2.05) is 65.6 Å². The van der Waals surface area contributed by atoms with Crippen LogP contribution < -0.4 is 9.80 Å². The van der Waals surface area contributed by atoms with Crippen LogP contribution in [0.1, 0.15) is 0 Å². The normalized spacial score (nSPS) is 13.9. The average molecular weight is 388 g/mol. The van der Waals surface area contributed by atoms with Gasteiger partial charge in [0.25, 0.3) is 0 Å². The number of hydrogen-bond acceptors (Lipinski definition) is 7. The number of cyclic esters (lactones) is 2. The van der Waals surface area contributed by atoms with E-state index in [0.29, 0.717) is 39.4 Å². The van der Waals surface area contributed by atoms with Crippen molar-refractivity contribution in [2.24, 2.45) is 0 Å². The molecule has 152 valence electrons. The van der Waals surface area contributed by atoms with Crippen LogP contribution in [0.15, 0.2) is 60.7 Å². The highest BCUT2D eigenvalue weighted by Crippen LogP contribution is 2.13. The Morgan fingerprint density at radius 3 is 1.82 bits per heavy atom. The van der Waals surface area contributed by atoms with Crippen LogP contribution in [0.25, 0.3) is 0 Å². The van der Waals surface area contributed by atoms with Crippen LogP contribution in [0, 0.1) is 0 Å². The van der Waals surface area contributed by atoms with Crippen molar-refractivity contribution in [3.8, 4) is 0 Å². The van der Waals surface area contributed by atoms with Crippen molar-refractivity contribution in [3.05, 3.63) is 60.7 Å². The first-order valence-electron chi connectivity index (χ1n) is 9.36. The van der Waals surface area contributed by atoms with E-state index in [9.17, 15) is 4.79 Å². The molecule has 1 fully saturated rings. The van der Waals surface area contributed by atoms with E-state index in [4.69, 9.17) is 19.7 Å². The third kappa shape index (κ3) is 7.46. The van der Waals surface area contributed by atoms with Gasteiger partial charge >= 0.3 is 6.16 Å². The van der Waals surface area contributed by atoms with Crippen molar-refractivity contribution in [3.63, 3.8) is 0 Å². The van der Waals surface area contributed by atoms with Crippen LogP contribution in [0.2, 0.25) is 0 Å². The largest absolute Gasteiger partial charge is 0.508 e. The number of ether oxygens (including phenoxy) is 2. The van der Waals surface area contributed by atoms with E-state index < -0.39 is 6.16 Å². The highest BCUT2D eigenvalue weighted by atomic mass is 16.7. The number of aliphatic hydroxyl groups is 2. The van der Waals surface area contributed by atoms with Gasteiger partial charge in [0.05, 0.1) is 26.3 Å². The first-order valence-corrected chi connectivity index (χ1v) is 9.36. The number of rotatable bonds is 6. The monoisotopic (exact) mass is 388 g/mol. The Hall–Kier alpha value is -2.77. The Morgan fingerprint density at radius 1 is 0.821 bits per heavy atom. The summed E-state index contributed by atoms with van der Waals surface area (Å²) >= 11 is 0. The molecule has 0 spiro atoms. The lowest BCUT2D eigenvalue weighted by Crippen LogP contribution is -2.34. The molecule has 2 aromatic rings. The molecule has 0 aliphatic carbocycles. The molecule has 0 unspecified atom stereocenters. The number of carbonyl (C=O) groups is 1. The van der Waals surface area contributed by atoms with Gasteiger partial charge in [-0.2, -0.15) is 0 Å². The van der Waals surface area contributed by atoms with Crippen LogP contribution in [-0.4, -0.2) is 69.0 Å². The molecule has 2 N–H and O–H groups in total. The van der Waals surface area contributed by atoms with E-state index in [-0.39, 0.29) is 13.2 Å². The van der Waals surface area contributed by atoms with Crippen LogP contribution in [0.5, 0.6) is 0 Å². The molecule has 1 aliphatic heterocycles. The van der Waals surface area contributed by atoms with Crippen molar-refractivity contribution >= 4 is 17.5 Å². The zero-order valence-electron chi connectivity index (χ0n) is 15.9. The molecule has 0 bridgehead atoms. The second kappa shape index (κ2) is 12.6. The fraction of sp³-hybridized carbons (Fsp3) is 0.381. The van der Waals surface area contributed by atoms with Gasteiger partial charge in [-0.25, -0.2) is 4.79 Å². The molecular formula is C21H28N2O5. The van der Waals surface area contributed by atoms with Gasteiger partial charge in [0.15, 0.2) is 0 Å². The Balaban J connectivity index is 0.000000203. The molecule has 7 nitrogen and oxygen atoms in total. The SMILES string of the molecule is O=C1OCCN(c2ccccc2)CCO1.OCCN(CCO)c1ccccc1. The molecule has 2 aromatic carbocycles. The number of hydrogen-bond donors (Lipinski definition) is 2. The number of nitrogens with zero attached hydrogens (tertiary/aromatic N) is 2. The summed E-state index contributed by atoms with van der Waals surface area (Å²) in [6, 6.07) is 19.8. The van der Waals surface area contributed by atoms with Gasteiger partial charge in [-0.1, -0.05) is 36.4 Å². The van der Waals surface area contributed by atoms with Gasteiger partial charge < -0.3 is 29.5 Å². The Kier molecular flexibility index (Phi) is 9.68. The van der Waals surface area contributed by atoms with Crippen LogP contribution in [-0.2, 0) is 9.47 Å². The van der Waals surface area contributed by atoms with Gasteiger partial charge in [-0.05, 0) is 24.3 Å². The smallest absolute Gasteiger partial charge is 0.432 e. The van der Waals surface area contributed by atoms with E-state index >= 15 is 0 Å². The van der Waals surface area contributed by atoms with E-state index in [0.717, 1.165) is 11.4 Å². The molecule has 28 heavy (non-hydrogen) atoms. The predicted octanol–water partition coefficient (Wildman–Crippen LogP) is 2.14. The molecule has 0 amide bonds. The number of aliphatic hydroxyl groups excluding tert-OH is 2. The van der Waals surface area contributed by atoms with Crippen LogP contribution in [0.3, 0.4) is 0 Å². The summed E-state index contributed by atoms with van der Waals surface area (Å²) in [5, 5.41) is 17.6. The molecule has 1 saturated heterocycles. The highest BCUT2D eigenvalue weighted by molar-refractivity contribution is 5.60. The Bertz CT molecular complexity index is 651. The van der Waals surface area contributed by atoms with Crippen molar-refractivity contribution in [2.45, 2.75) is 0 Å². The van der Waals surface area contributed by atoms with Crippen molar-refractivity contribution < 1.29 is 24.5 Å². The summed E-state index contributed by atoms with van der Waals surface area (Å²) in [7, 11) is 0. The maximum absolute atomic E-state index is 10.8. The van der Waals surface area contributed by atoms with E-state index in [1.54, 1.807) is 0 Å². The predicted molar refractivity (Wildman–Crippen MR) is 109 cm³/mol. The number of carbonyl (C=O) groups excluding carboxylic acids is 1. The second-order valence-electron chi connectivity index (χ2n) is 6.04. The number of para-hydroxylation sites is 2. The van der Waals surface area contributed by atoms with Gasteiger partial charge in [0.2, 0.25) is 0 Å². The second-order valence-corrected chi connectivity index (χ2v) is 6.04. The lowest BCUT2D eigenvalue weighted by Gasteiger charge is -2.26. The molecule has 0 saturated carbocycles. The molecule has 0 radical (unpaired) electrons. The molecule has 0 atom stereocenters. The van der Waals surface area contributed by atoms with Gasteiger partial charge in [-0.3, -0.25) is 0 Å². The standard InChI is InChI=1S/C11H13NO3.C10H15NO2/c13-11-14-8-6-12(7-9-15-11)10-4-2-1-3-5-10;12-8-6-11(7-9-13)10-4-2-1-3-5-10/h1-5H,6-9H2;1-5,12-13H,6-9H2. The van der Waals surface area contributed by atoms with Crippen LogP contribution >= 0.6 is 0 Å². The quantitative estimate of drug-likeness (QED) is 0.734. The van der Waals surface area contributed by atoms with Gasteiger partial charge in [0.1, 0.15) is 13.2 Å². The lowest BCUT2D eigenvalue weighted by molar-refractivity contribution is 0.0519.